The van der Waals surface area contributed by atoms with Crippen molar-refractivity contribution in [1.29, 1.82) is 0 Å². The van der Waals surface area contributed by atoms with E-state index in [4.69, 9.17) is 8.83 Å². The van der Waals surface area contributed by atoms with Crippen LogP contribution in [-0.4, -0.2) is 21.4 Å². The molecule has 2 aromatic heterocycles. The van der Waals surface area contributed by atoms with Crippen molar-refractivity contribution in [3.63, 3.8) is 0 Å². The molecular formula is C12H8N2O5S2. The second-order valence-corrected chi connectivity index (χ2v) is 6.17. The summed E-state index contributed by atoms with van der Waals surface area (Å²) in [5.41, 5.74) is 0.436. The molecule has 1 aromatic carbocycles. The van der Waals surface area contributed by atoms with Crippen molar-refractivity contribution >= 4 is 44.3 Å². The molecule has 2 heterocycles. The smallest absolute Gasteiger partial charge is 0.391 e. The van der Waals surface area contributed by atoms with Crippen LogP contribution in [0.4, 0.5) is 5.13 Å². The molecule has 1 atom stereocenters. The van der Waals surface area contributed by atoms with Crippen LogP contribution >= 0.6 is 11.3 Å². The highest BCUT2D eigenvalue weighted by Gasteiger charge is 2.17. The summed E-state index contributed by atoms with van der Waals surface area (Å²) in [5, 5.41) is 4.87. The van der Waals surface area contributed by atoms with Crippen LogP contribution < -0.4 is 11.1 Å². The molecule has 0 radical (unpaired) electrons. The molecule has 0 aliphatic carbocycles. The van der Waals surface area contributed by atoms with Gasteiger partial charge in [-0.3, -0.25) is 14.3 Å². The largest absolute Gasteiger partial charge is 0.519 e. The van der Waals surface area contributed by atoms with Gasteiger partial charge in [-0.2, -0.15) is 0 Å². The predicted octanol–water partition coefficient (Wildman–Crippen LogP) is 1.83. The molecule has 1 unspecified atom stereocenters. The van der Waals surface area contributed by atoms with E-state index in [1.54, 1.807) is 11.4 Å². The van der Waals surface area contributed by atoms with Gasteiger partial charge in [-0.05, 0) is 12.1 Å². The lowest BCUT2D eigenvalue weighted by molar-refractivity contribution is 0.102. The van der Waals surface area contributed by atoms with Crippen LogP contribution in [0.2, 0.25) is 0 Å². The predicted molar refractivity (Wildman–Crippen MR) is 77.1 cm³/mol. The number of carbonyl (C=O) groups excluding carboxylic acids is 1. The summed E-state index contributed by atoms with van der Waals surface area (Å²) in [7, 11) is -1.21. The zero-order chi connectivity index (χ0) is 15.0. The monoisotopic (exact) mass is 324 g/mol. The Kier molecular flexibility index (Phi) is 3.43. The molecule has 0 aliphatic rings. The summed E-state index contributed by atoms with van der Waals surface area (Å²) in [4.78, 5) is 27.3. The molecule has 108 valence electrons. The van der Waals surface area contributed by atoms with E-state index in [2.05, 4.69) is 10.3 Å². The molecule has 7 nitrogen and oxygen atoms in total. The minimum Gasteiger partial charge on any atom is -0.391 e. The first kappa shape index (κ1) is 13.7. The van der Waals surface area contributed by atoms with E-state index >= 15 is 0 Å². The Labute approximate surface area is 124 Å². The summed E-state index contributed by atoms with van der Waals surface area (Å²) in [6.07, 6.45) is 1.50. The van der Waals surface area contributed by atoms with E-state index in [0.717, 1.165) is 11.3 Å². The van der Waals surface area contributed by atoms with Crippen LogP contribution in [0.5, 0.6) is 0 Å². The average molecular weight is 324 g/mol. The number of thiazole rings is 1. The first-order chi connectivity index (χ1) is 10.0. The molecule has 0 spiro atoms. The number of benzene rings is 1. The van der Waals surface area contributed by atoms with Crippen molar-refractivity contribution in [2.75, 3.05) is 11.6 Å². The molecular weight excluding hydrogens is 316 g/mol. The lowest BCUT2D eigenvalue weighted by Crippen LogP contribution is -2.12. The van der Waals surface area contributed by atoms with E-state index in [0.29, 0.717) is 10.2 Å². The van der Waals surface area contributed by atoms with Crippen LogP contribution in [0.15, 0.2) is 42.2 Å². The van der Waals surface area contributed by atoms with Gasteiger partial charge in [0.25, 0.3) is 5.91 Å². The highest BCUT2D eigenvalue weighted by molar-refractivity contribution is 7.84. The number of nitrogens with zero attached hydrogens (tertiary/aromatic N) is 1. The maximum atomic E-state index is 12.2. The summed E-state index contributed by atoms with van der Waals surface area (Å²) in [6, 6.07) is 4.60. The summed E-state index contributed by atoms with van der Waals surface area (Å²) >= 11 is 1.16. The number of aromatic nitrogens is 1. The quantitative estimate of drug-likeness (QED) is 0.788. The third-order valence-corrected chi connectivity index (χ3v) is 4.31. The van der Waals surface area contributed by atoms with Crippen molar-refractivity contribution < 1.29 is 17.8 Å². The molecule has 0 bridgehead atoms. The van der Waals surface area contributed by atoms with E-state index in [-0.39, 0.29) is 16.7 Å². The van der Waals surface area contributed by atoms with Crippen molar-refractivity contribution in [2.45, 2.75) is 5.03 Å². The second kappa shape index (κ2) is 5.26. The molecule has 9 heteroatoms. The van der Waals surface area contributed by atoms with Gasteiger partial charge in [-0.1, -0.05) is 6.07 Å². The van der Waals surface area contributed by atoms with Gasteiger partial charge >= 0.3 is 5.82 Å². The number of hydrogen-bond donors (Lipinski definition) is 1. The van der Waals surface area contributed by atoms with Crippen molar-refractivity contribution in [1.82, 2.24) is 4.98 Å². The Balaban J connectivity index is 1.93. The normalized spacial score (nSPS) is 12.4. The van der Waals surface area contributed by atoms with Crippen LogP contribution in [-0.2, 0) is 10.8 Å². The SMILES string of the molecule is CS(=O)c1csc(NC(=O)c2cccc3oc(=O)oc23)n1. The van der Waals surface area contributed by atoms with E-state index in [1.165, 1.54) is 18.4 Å². The minimum atomic E-state index is -1.21. The van der Waals surface area contributed by atoms with Gasteiger partial charge < -0.3 is 8.83 Å². The van der Waals surface area contributed by atoms with Gasteiger partial charge in [0, 0.05) is 11.6 Å². The van der Waals surface area contributed by atoms with Crippen LogP contribution in [0.25, 0.3) is 11.2 Å². The van der Waals surface area contributed by atoms with Crippen LogP contribution in [0, 0.1) is 0 Å². The van der Waals surface area contributed by atoms with Crippen LogP contribution in [0.3, 0.4) is 0 Å². The lowest BCUT2D eigenvalue weighted by atomic mass is 10.2. The highest BCUT2D eigenvalue weighted by Crippen LogP contribution is 2.21. The number of amides is 1. The Morgan fingerprint density at radius 3 is 2.90 bits per heavy atom. The highest BCUT2D eigenvalue weighted by atomic mass is 32.2. The summed E-state index contributed by atoms with van der Waals surface area (Å²) in [5.74, 6) is -1.36. The molecule has 21 heavy (non-hydrogen) atoms. The Hall–Kier alpha value is -2.26. The molecule has 0 aliphatic heterocycles. The number of fused-ring (bicyclic) bond motifs is 1. The molecule has 0 saturated heterocycles. The van der Waals surface area contributed by atoms with E-state index < -0.39 is 22.5 Å². The first-order valence-electron chi connectivity index (χ1n) is 5.67. The van der Waals surface area contributed by atoms with E-state index in [1.807, 2.05) is 0 Å². The summed E-state index contributed by atoms with van der Waals surface area (Å²) < 4.78 is 20.9. The lowest BCUT2D eigenvalue weighted by Gasteiger charge is -2.01. The van der Waals surface area contributed by atoms with Gasteiger partial charge in [0.15, 0.2) is 16.3 Å². The fourth-order valence-electron chi connectivity index (χ4n) is 1.69. The fourth-order valence-corrected chi connectivity index (χ4v) is 3.22. The topological polar surface area (TPSA) is 102 Å². The third kappa shape index (κ3) is 2.65. The van der Waals surface area contributed by atoms with Crippen molar-refractivity contribution in [2.24, 2.45) is 0 Å². The minimum absolute atomic E-state index is 0.0795. The maximum absolute atomic E-state index is 12.2. The Bertz CT molecular complexity index is 908. The first-order valence-corrected chi connectivity index (χ1v) is 8.11. The average Bonchev–Trinajstić information content (AvgIpc) is 3.03. The van der Waals surface area contributed by atoms with Gasteiger partial charge in [0.05, 0.1) is 16.4 Å². The zero-order valence-corrected chi connectivity index (χ0v) is 12.2. The molecule has 0 saturated carbocycles. The number of para-hydroxylation sites is 1. The molecule has 3 aromatic rings. The Morgan fingerprint density at radius 1 is 1.38 bits per heavy atom. The van der Waals surface area contributed by atoms with Gasteiger partial charge in [-0.25, -0.2) is 9.78 Å². The van der Waals surface area contributed by atoms with E-state index in [9.17, 15) is 13.8 Å². The molecule has 1 amide bonds. The van der Waals surface area contributed by atoms with Crippen LogP contribution in [0.1, 0.15) is 10.4 Å². The fraction of sp³-hybridized carbons (Fsp3) is 0.0833. The van der Waals surface area contributed by atoms with Gasteiger partial charge in [-0.15, -0.1) is 11.3 Å². The van der Waals surface area contributed by atoms with Gasteiger partial charge in [0.1, 0.15) is 5.03 Å². The number of hydrogen-bond acceptors (Lipinski definition) is 7. The zero-order valence-electron chi connectivity index (χ0n) is 10.6. The number of rotatable bonds is 3. The van der Waals surface area contributed by atoms with Crippen molar-refractivity contribution in [3.8, 4) is 0 Å². The van der Waals surface area contributed by atoms with Gasteiger partial charge in [0.2, 0.25) is 0 Å². The maximum Gasteiger partial charge on any atom is 0.519 e. The number of anilines is 1. The molecule has 1 N–H and O–H groups in total. The number of carbonyl (C=O) groups is 1. The standard InChI is InChI=1S/C12H8N2O5S2/c1-21(17)8-5-20-11(13-8)14-10(15)6-3-2-4-7-9(6)19-12(16)18-7/h2-5H,1H3,(H,13,14,15). The summed E-state index contributed by atoms with van der Waals surface area (Å²) in [6.45, 7) is 0. The van der Waals surface area contributed by atoms with Crippen molar-refractivity contribution in [3.05, 3.63) is 39.8 Å². The third-order valence-electron chi connectivity index (χ3n) is 2.60. The number of nitrogens with one attached hydrogen (secondary N) is 1. The second-order valence-electron chi connectivity index (χ2n) is 3.99. The Morgan fingerprint density at radius 2 is 2.19 bits per heavy atom. The molecule has 3 rings (SSSR count). The molecule has 0 fully saturated rings.